The molecule has 1 aliphatic carbocycles. The monoisotopic (exact) mass is 412 g/mol. The zero-order valence-corrected chi connectivity index (χ0v) is 15.9. The Morgan fingerprint density at radius 3 is 2.46 bits per heavy atom. The van der Waals surface area contributed by atoms with E-state index in [9.17, 15) is 18.0 Å². The molecule has 2 N–H and O–H groups in total. The van der Waals surface area contributed by atoms with Crippen LogP contribution < -0.4 is 15.4 Å². The minimum absolute atomic E-state index is 0.00589. The fourth-order valence-electron chi connectivity index (χ4n) is 2.99. The minimum Gasteiger partial charge on any atom is -0.497 e. The van der Waals surface area contributed by atoms with Crippen molar-refractivity contribution in [3.63, 3.8) is 0 Å². The van der Waals surface area contributed by atoms with Gasteiger partial charge in [0.15, 0.2) is 0 Å². The molecule has 1 aliphatic rings. The van der Waals surface area contributed by atoms with Gasteiger partial charge in [-0.05, 0) is 54.7 Å². The quantitative estimate of drug-likeness (QED) is 0.669. The zero-order chi connectivity index (χ0) is 20.3. The highest BCUT2D eigenvalue weighted by Gasteiger charge is 2.33. The maximum atomic E-state index is 12.9. The first kappa shape index (κ1) is 20.5. The molecule has 150 valence electrons. The third-order valence-corrected chi connectivity index (χ3v) is 4.95. The Bertz CT molecular complexity index is 836. The van der Waals surface area contributed by atoms with Gasteiger partial charge in [0.05, 0.1) is 29.9 Å². The molecule has 1 atom stereocenters. The topological polar surface area (TPSA) is 50.4 Å². The molecular formula is C20H20ClF3N2O2. The molecule has 0 bridgehead atoms. The van der Waals surface area contributed by atoms with Gasteiger partial charge in [-0.3, -0.25) is 4.79 Å². The molecule has 1 unspecified atom stereocenters. The summed E-state index contributed by atoms with van der Waals surface area (Å²) in [4.78, 5) is 12.3. The number of alkyl halides is 3. The third kappa shape index (κ3) is 5.17. The molecule has 1 saturated carbocycles. The number of ether oxygens (including phenoxy) is 1. The van der Waals surface area contributed by atoms with Crippen molar-refractivity contribution < 1.29 is 22.7 Å². The van der Waals surface area contributed by atoms with Gasteiger partial charge < -0.3 is 15.4 Å². The van der Waals surface area contributed by atoms with E-state index in [2.05, 4.69) is 10.6 Å². The average Bonchev–Trinajstić information content (AvgIpc) is 3.48. The predicted octanol–water partition coefficient (Wildman–Crippen LogP) is 5.05. The third-order valence-electron chi connectivity index (χ3n) is 4.62. The number of hydrogen-bond donors (Lipinski definition) is 2. The summed E-state index contributed by atoms with van der Waals surface area (Å²) < 4.78 is 43.7. The van der Waals surface area contributed by atoms with Crippen molar-refractivity contribution in [3.8, 4) is 5.75 Å². The van der Waals surface area contributed by atoms with Crippen LogP contribution in [0.2, 0.25) is 5.02 Å². The lowest BCUT2D eigenvalue weighted by Crippen LogP contribution is -2.32. The number of halogens is 4. The fraction of sp³-hybridized carbons (Fsp3) is 0.350. The normalized spacial score (nSPS) is 15.2. The van der Waals surface area contributed by atoms with Gasteiger partial charge in [0.1, 0.15) is 5.75 Å². The van der Waals surface area contributed by atoms with Gasteiger partial charge in [-0.15, -0.1) is 0 Å². The van der Waals surface area contributed by atoms with Crippen LogP contribution in [-0.2, 0) is 11.0 Å². The Morgan fingerprint density at radius 2 is 1.89 bits per heavy atom. The van der Waals surface area contributed by atoms with Crippen LogP contribution in [0.1, 0.15) is 30.0 Å². The van der Waals surface area contributed by atoms with Crippen LogP contribution in [0.25, 0.3) is 0 Å². The lowest BCUT2D eigenvalue weighted by atomic mass is 10.0. The molecule has 1 fully saturated rings. The summed E-state index contributed by atoms with van der Waals surface area (Å²) >= 11 is 5.92. The van der Waals surface area contributed by atoms with Crippen LogP contribution in [0.15, 0.2) is 42.5 Å². The molecule has 0 saturated heterocycles. The molecule has 28 heavy (non-hydrogen) atoms. The standard InChI is InChI=1S/C20H20ClF3N2O2/c1-28-15-7-4-13(5-8-15)19(12-2-3-12)25-11-18(27)26-17-10-14(20(22,23)24)6-9-16(17)21/h4-10,12,19,25H,2-3,11H2,1H3,(H,26,27). The first-order valence-electron chi connectivity index (χ1n) is 8.82. The number of benzene rings is 2. The van der Waals surface area contributed by atoms with Gasteiger partial charge in [-0.1, -0.05) is 23.7 Å². The molecule has 0 aliphatic heterocycles. The van der Waals surface area contributed by atoms with Crippen LogP contribution in [0.3, 0.4) is 0 Å². The number of anilines is 1. The van der Waals surface area contributed by atoms with Crippen molar-refractivity contribution in [1.29, 1.82) is 0 Å². The maximum absolute atomic E-state index is 12.9. The fourth-order valence-corrected chi connectivity index (χ4v) is 3.16. The van der Waals surface area contributed by atoms with Crippen molar-refractivity contribution in [2.45, 2.75) is 25.1 Å². The lowest BCUT2D eigenvalue weighted by molar-refractivity contribution is -0.137. The molecule has 0 spiro atoms. The van der Waals surface area contributed by atoms with Gasteiger partial charge in [-0.25, -0.2) is 0 Å². The van der Waals surface area contributed by atoms with E-state index in [1.165, 1.54) is 0 Å². The summed E-state index contributed by atoms with van der Waals surface area (Å²) in [6.45, 7) is -0.0419. The van der Waals surface area contributed by atoms with E-state index in [1.54, 1.807) is 7.11 Å². The molecule has 2 aromatic rings. The maximum Gasteiger partial charge on any atom is 0.416 e. The van der Waals surface area contributed by atoms with Gasteiger partial charge in [0.2, 0.25) is 5.91 Å². The van der Waals surface area contributed by atoms with Crippen molar-refractivity contribution in [2.75, 3.05) is 19.0 Å². The van der Waals surface area contributed by atoms with E-state index < -0.39 is 17.6 Å². The molecular weight excluding hydrogens is 393 g/mol. The van der Waals surface area contributed by atoms with E-state index in [1.807, 2.05) is 24.3 Å². The molecule has 8 heteroatoms. The van der Waals surface area contributed by atoms with Crippen molar-refractivity contribution >= 4 is 23.2 Å². The predicted molar refractivity (Wildman–Crippen MR) is 102 cm³/mol. The number of methoxy groups -OCH3 is 1. The van der Waals surface area contributed by atoms with Crippen LogP contribution in [-0.4, -0.2) is 19.6 Å². The summed E-state index contributed by atoms with van der Waals surface area (Å²) in [6, 6.07) is 10.4. The Morgan fingerprint density at radius 1 is 1.21 bits per heavy atom. The van der Waals surface area contributed by atoms with E-state index in [-0.39, 0.29) is 23.3 Å². The van der Waals surface area contributed by atoms with E-state index in [0.29, 0.717) is 5.92 Å². The molecule has 4 nitrogen and oxygen atoms in total. The van der Waals surface area contributed by atoms with Crippen molar-refractivity contribution in [1.82, 2.24) is 5.32 Å². The van der Waals surface area contributed by atoms with Gasteiger partial charge in [-0.2, -0.15) is 13.2 Å². The summed E-state index contributed by atoms with van der Waals surface area (Å²) in [5.74, 6) is 0.717. The largest absolute Gasteiger partial charge is 0.497 e. The molecule has 0 radical (unpaired) electrons. The first-order chi connectivity index (χ1) is 13.3. The molecule has 0 aromatic heterocycles. The second-order valence-corrected chi connectivity index (χ2v) is 7.12. The summed E-state index contributed by atoms with van der Waals surface area (Å²) in [5.41, 5.74) is 0.109. The number of carbonyl (C=O) groups excluding carboxylic acids is 1. The Balaban J connectivity index is 1.64. The minimum atomic E-state index is -4.51. The zero-order valence-electron chi connectivity index (χ0n) is 15.1. The summed E-state index contributed by atoms with van der Waals surface area (Å²) in [5, 5.41) is 5.71. The van der Waals surface area contributed by atoms with E-state index >= 15 is 0 Å². The smallest absolute Gasteiger partial charge is 0.416 e. The van der Waals surface area contributed by atoms with Gasteiger partial charge in [0.25, 0.3) is 0 Å². The Kier molecular flexibility index (Phi) is 6.15. The highest BCUT2D eigenvalue weighted by Crippen LogP contribution is 2.41. The number of amides is 1. The lowest BCUT2D eigenvalue weighted by Gasteiger charge is -2.19. The molecule has 0 heterocycles. The SMILES string of the molecule is COc1ccc(C(NCC(=O)Nc2cc(C(F)(F)F)ccc2Cl)C2CC2)cc1. The number of hydrogen-bond acceptors (Lipinski definition) is 3. The molecule has 1 amide bonds. The first-order valence-corrected chi connectivity index (χ1v) is 9.19. The number of carbonyl (C=O) groups is 1. The second kappa shape index (κ2) is 8.41. The number of rotatable bonds is 7. The van der Waals surface area contributed by atoms with Crippen LogP contribution in [0.4, 0.5) is 18.9 Å². The molecule has 3 rings (SSSR count). The van der Waals surface area contributed by atoms with E-state index in [0.717, 1.165) is 42.4 Å². The Labute approximate surface area is 166 Å². The van der Waals surface area contributed by atoms with Crippen molar-refractivity contribution in [3.05, 3.63) is 58.6 Å². The highest BCUT2D eigenvalue weighted by molar-refractivity contribution is 6.33. The average molecular weight is 413 g/mol. The van der Waals surface area contributed by atoms with Crippen molar-refractivity contribution in [2.24, 2.45) is 5.92 Å². The van der Waals surface area contributed by atoms with E-state index in [4.69, 9.17) is 16.3 Å². The molecule has 2 aromatic carbocycles. The van der Waals surface area contributed by atoms with Crippen LogP contribution in [0.5, 0.6) is 5.75 Å². The van der Waals surface area contributed by atoms with Gasteiger partial charge >= 0.3 is 6.18 Å². The van der Waals surface area contributed by atoms with Crippen LogP contribution >= 0.6 is 11.6 Å². The number of nitrogens with one attached hydrogen (secondary N) is 2. The highest BCUT2D eigenvalue weighted by atomic mass is 35.5. The van der Waals surface area contributed by atoms with Gasteiger partial charge in [0, 0.05) is 6.04 Å². The van der Waals surface area contributed by atoms with Crippen LogP contribution in [0, 0.1) is 5.92 Å². The Hall–Kier alpha value is -2.25. The second-order valence-electron chi connectivity index (χ2n) is 6.71. The summed E-state index contributed by atoms with van der Waals surface area (Å²) in [7, 11) is 1.59. The summed E-state index contributed by atoms with van der Waals surface area (Å²) in [6.07, 6.45) is -2.39.